The van der Waals surface area contributed by atoms with Gasteiger partial charge in [-0.05, 0) is 31.2 Å². The average Bonchev–Trinajstić information content (AvgIpc) is 3.40. The minimum atomic E-state index is -1.42. The van der Waals surface area contributed by atoms with Crippen LogP contribution in [0.5, 0.6) is 0 Å². The van der Waals surface area contributed by atoms with Gasteiger partial charge in [-0.15, -0.1) is 0 Å². The largest absolute Gasteiger partial charge is 0.478 e. The summed E-state index contributed by atoms with van der Waals surface area (Å²) in [7, 11) is 0. The summed E-state index contributed by atoms with van der Waals surface area (Å²) in [4.78, 5) is 50.5. The van der Waals surface area contributed by atoms with Crippen molar-refractivity contribution < 1.29 is 33.1 Å². The number of rotatable bonds is 7. The van der Waals surface area contributed by atoms with Crippen molar-refractivity contribution in [3.05, 3.63) is 70.1 Å². The number of halogens is 3. The third-order valence-corrected chi connectivity index (χ3v) is 6.46. The summed E-state index contributed by atoms with van der Waals surface area (Å²) >= 11 is 5.76. The molecule has 1 aliphatic rings. The number of aromatic nitrogens is 1. The lowest BCUT2D eigenvalue weighted by atomic mass is 10.1. The van der Waals surface area contributed by atoms with E-state index in [9.17, 15) is 33.1 Å². The second-order valence-electron chi connectivity index (χ2n) is 8.59. The Hall–Kier alpha value is -3.79. The highest BCUT2D eigenvalue weighted by atomic mass is 35.5. The number of likely N-dealkylation sites (tertiary alicyclic amines) is 1. The summed E-state index contributed by atoms with van der Waals surface area (Å²) in [5.41, 5.74) is 0.831. The van der Waals surface area contributed by atoms with Crippen LogP contribution in [0, 0.1) is 5.82 Å². The standard InChI is InChI=1S/C25H22ClF2N3O5/c1-13(32)18-11-30(20-6-5-14(25(35)36)7-17(18)20)12-22(33)31-10-16(27)8-21(31)24(34)29-9-15-3-2-4-19(26)23(15)28/h2-7,11,16,21H,8-10,12H2,1H3,(H,29,34)(H,35,36)/t16-,21?/m1/s1. The van der Waals surface area contributed by atoms with Crippen LogP contribution >= 0.6 is 11.6 Å². The lowest BCUT2D eigenvalue weighted by Gasteiger charge is -2.24. The molecular formula is C25H22ClF2N3O5. The highest BCUT2D eigenvalue weighted by Crippen LogP contribution is 2.26. The molecule has 2 atom stereocenters. The van der Waals surface area contributed by atoms with E-state index < -0.39 is 35.8 Å². The second-order valence-corrected chi connectivity index (χ2v) is 9.00. The van der Waals surface area contributed by atoms with Crippen molar-refractivity contribution in [1.82, 2.24) is 14.8 Å². The topological polar surface area (TPSA) is 109 Å². The summed E-state index contributed by atoms with van der Waals surface area (Å²) in [5, 5.41) is 12.1. The van der Waals surface area contributed by atoms with Gasteiger partial charge in [-0.2, -0.15) is 0 Å². The molecule has 1 aromatic heterocycles. The summed E-state index contributed by atoms with van der Waals surface area (Å²) < 4.78 is 29.9. The number of carbonyl (C=O) groups is 4. The molecule has 0 bridgehead atoms. The van der Waals surface area contributed by atoms with Crippen molar-refractivity contribution in [2.45, 2.75) is 38.6 Å². The zero-order chi connectivity index (χ0) is 26.1. The number of nitrogens with one attached hydrogen (secondary N) is 1. The van der Waals surface area contributed by atoms with Gasteiger partial charge in [-0.3, -0.25) is 14.4 Å². The number of amides is 2. The van der Waals surface area contributed by atoms with Crippen molar-refractivity contribution in [2.75, 3.05) is 6.54 Å². The third kappa shape index (κ3) is 4.94. The lowest BCUT2D eigenvalue weighted by molar-refractivity contribution is -0.139. The van der Waals surface area contributed by atoms with E-state index in [1.54, 1.807) is 0 Å². The summed E-state index contributed by atoms with van der Waals surface area (Å²) in [6.45, 7) is 0.558. The smallest absolute Gasteiger partial charge is 0.335 e. The third-order valence-electron chi connectivity index (χ3n) is 6.17. The Labute approximate surface area is 209 Å². The fourth-order valence-corrected chi connectivity index (χ4v) is 4.57. The van der Waals surface area contributed by atoms with E-state index in [0.717, 1.165) is 4.90 Å². The zero-order valence-electron chi connectivity index (χ0n) is 19.1. The van der Waals surface area contributed by atoms with Gasteiger partial charge in [-0.25, -0.2) is 13.6 Å². The van der Waals surface area contributed by atoms with E-state index in [4.69, 9.17) is 11.6 Å². The molecule has 3 aromatic rings. The Bertz CT molecular complexity index is 1390. The molecule has 1 unspecified atom stereocenters. The molecule has 11 heteroatoms. The van der Waals surface area contributed by atoms with Gasteiger partial charge in [0.15, 0.2) is 5.78 Å². The maximum atomic E-state index is 14.3. The molecule has 4 rings (SSSR count). The van der Waals surface area contributed by atoms with Crippen molar-refractivity contribution >= 4 is 46.1 Å². The Balaban J connectivity index is 1.54. The molecule has 2 amide bonds. The van der Waals surface area contributed by atoms with Gasteiger partial charge in [0, 0.05) is 41.2 Å². The molecule has 8 nitrogen and oxygen atoms in total. The predicted octanol–water partition coefficient (Wildman–Crippen LogP) is 3.59. The summed E-state index contributed by atoms with van der Waals surface area (Å²) in [6, 6.07) is 7.47. The Kier molecular flexibility index (Phi) is 7.07. The maximum absolute atomic E-state index is 14.3. The fourth-order valence-electron chi connectivity index (χ4n) is 4.37. The van der Waals surface area contributed by atoms with E-state index in [1.165, 1.54) is 54.1 Å². The van der Waals surface area contributed by atoms with Gasteiger partial charge in [0.1, 0.15) is 24.6 Å². The van der Waals surface area contributed by atoms with Gasteiger partial charge < -0.3 is 19.9 Å². The number of nitrogens with zero attached hydrogens (tertiary/aromatic N) is 2. The number of Topliss-reactive ketones (excluding diaryl/α,β-unsaturated/α-hetero) is 1. The van der Waals surface area contributed by atoms with Crippen LogP contribution in [0.25, 0.3) is 10.9 Å². The van der Waals surface area contributed by atoms with Gasteiger partial charge in [0.2, 0.25) is 11.8 Å². The number of carbonyl (C=O) groups excluding carboxylic acids is 3. The molecule has 0 saturated carbocycles. The first kappa shape index (κ1) is 25.3. The molecule has 0 aliphatic carbocycles. The molecule has 0 spiro atoms. The number of ketones is 1. The first-order chi connectivity index (χ1) is 17.1. The summed E-state index contributed by atoms with van der Waals surface area (Å²) in [5.74, 6) is -3.33. The molecular weight excluding hydrogens is 496 g/mol. The molecule has 2 heterocycles. The molecule has 2 N–H and O–H groups in total. The SMILES string of the molecule is CC(=O)c1cn(CC(=O)N2C[C@H](F)CC2C(=O)NCc2cccc(Cl)c2F)c2ccc(C(=O)O)cc12. The molecule has 1 fully saturated rings. The predicted molar refractivity (Wildman–Crippen MR) is 127 cm³/mol. The molecule has 188 valence electrons. The highest BCUT2D eigenvalue weighted by Gasteiger charge is 2.39. The average molecular weight is 518 g/mol. The minimum Gasteiger partial charge on any atom is -0.478 e. The zero-order valence-corrected chi connectivity index (χ0v) is 19.9. The molecule has 0 radical (unpaired) electrons. The summed E-state index contributed by atoms with van der Waals surface area (Å²) in [6.07, 6.45) is -0.181. The normalized spacial score (nSPS) is 17.4. The van der Waals surface area contributed by atoms with Gasteiger partial charge in [0.05, 0.1) is 17.1 Å². The van der Waals surface area contributed by atoms with Crippen LogP contribution in [0.4, 0.5) is 8.78 Å². The maximum Gasteiger partial charge on any atom is 0.335 e. The van der Waals surface area contributed by atoms with Gasteiger partial charge >= 0.3 is 5.97 Å². The number of benzene rings is 2. The highest BCUT2D eigenvalue weighted by molar-refractivity contribution is 6.30. The molecule has 1 aliphatic heterocycles. The van der Waals surface area contributed by atoms with Crippen molar-refractivity contribution in [1.29, 1.82) is 0 Å². The van der Waals surface area contributed by atoms with E-state index >= 15 is 0 Å². The van der Waals surface area contributed by atoms with Crippen LogP contribution in [-0.4, -0.2) is 56.9 Å². The molecule has 36 heavy (non-hydrogen) atoms. The fraction of sp³-hybridized carbons (Fsp3) is 0.280. The molecule has 2 aromatic carbocycles. The van der Waals surface area contributed by atoms with Gasteiger partial charge in [-0.1, -0.05) is 23.7 Å². The lowest BCUT2D eigenvalue weighted by Crippen LogP contribution is -2.46. The minimum absolute atomic E-state index is 0.0123. The Morgan fingerprint density at radius 2 is 1.94 bits per heavy atom. The number of fused-ring (bicyclic) bond motifs is 1. The van der Waals surface area contributed by atoms with Crippen LogP contribution in [0.3, 0.4) is 0 Å². The number of hydrogen-bond acceptors (Lipinski definition) is 4. The van der Waals surface area contributed by atoms with Crippen LogP contribution in [-0.2, 0) is 22.7 Å². The number of carboxylic acids is 1. The van der Waals surface area contributed by atoms with E-state index in [2.05, 4.69) is 5.32 Å². The number of hydrogen-bond donors (Lipinski definition) is 2. The number of aromatic carboxylic acids is 1. The van der Waals surface area contributed by atoms with Crippen LogP contribution < -0.4 is 5.32 Å². The number of carboxylic acid groups (broad SMARTS) is 1. The van der Waals surface area contributed by atoms with Crippen LogP contribution in [0.15, 0.2) is 42.6 Å². The Morgan fingerprint density at radius 3 is 2.64 bits per heavy atom. The monoisotopic (exact) mass is 517 g/mol. The van der Waals surface area contributed by atoms with Crippen molar-refractivity contribution in [2.24, 2.45) is 0 Å². The second kappa shape index (κ2) is 10.1. The van der Waals surface area contributed by atoms with Crippen LogP contribution in [0.2, 0.25) is 5.02 Å². The van der Waals surface area contributed by atoms with E-state index in [1.807, 2.05) is 0 Å². The van der Waals surface area contributed by atoms with Crippen molar-refractivity contribution in [3.8, 4) is 0 Å². The van der Waals surface area contributed by atoms with Crippen LogP contribution in [0.1, 0.15) is 39.6 Å². The van der Waals surface area contributed by atoms with Crippen molar-refractivity contribution in [3.63, 3.8) is 0 Å². The Morgan fingerprint density at radius 1 is 1.19 bits per heavy atom. The van der Waals surface area contributed by atoms with Gasteiger partial charge in [0.25, 0.3) is 0 Å². The van der Waals surface area contributed by atoms with E-state index in [0.29, 0.717) is 10.9 Å². The molecule has 1 saturated heterocycles. The number of alkyl halides is 1. The quantitative estimate of drug-likeness (QED) is 0.466. The van der Waals surface area contributed by atoms with E-state index in [-0.39, 0.29) is 53.6 Å². The first-order valence-electron chi connectivity index (χ1n) is 11.1. The first-order valence-corrected chi connectivity index (χ1v) is 11.5.